The number of rotatable bonds is 7. The van der Waals surface area contributed by atoms with Crippen LogP contribution in [0.5, 0.6) is 11.5 Å². The Bertz CT molecular complexity index is 820. The van der Waals surface area contributed by atoms with Gasteiger partial charge in [0.15, 0.2) is 0 Å². The first-order valence-corrected chi connectivity index (χ1v) is 8.87. The van der Waals surface area contributed by atoms with Crippen LogP contribution in [0.1, 0.15) is 5.56 Å². The van der Waals surface area contributed by atoms with Crippen LogP contribution in [0.2, 0.25) is 0 Å². The first-order valence-electron chi connectivity index (χ1n) is 7.89. The summed E-state index contributed by atoms with van der Waals surface area (Å²) in [5.74, 6) is -0.205. The first kappa shape index (κ1) is 20.3. The summed E-state index contributed by atoms with van der Waals surface area (Å²) in [7, 11) is 3.06. The van der Waals surface area contributed by atoms with Crippen molar-refractivity contribution < 1.29 is 23.5 Å². The van der Waals surface area contributed by atoms with E-state index in [1.54, 1.807) is 42.5 Å². The highest BCUT2D eigenvalue weighted by molar-refractivity contribution is 8.00. The molecule has 0 fully saturated rings. The molecule has 0 aliphatic heterocycles. The zero-order valence-corrected chi connectivity index (χ0v) is 15.6. The van der Waals surface area contributed by atoms with Gasteiger partial charge in [-0.25, -0.2) is 4.39 Å². The van der Waals surface area contributed by atoms with Crippen LogP contribution in [-0.4, -0.2) is 31.8 Å². The number of thioether (sulfide) groups is 1. The number of ether oxygens (including phenoxy) is 2. The fourth-order valence-corrected chi connectivity index (χ4v) is 2.75. The number of nitrogens with one attached hydrogen (secondary N) is 2. The predicted octanol–water partition coefficient (Wildman–Crippen LogP) is 2.80. The average molecular weight is 390 g/mol. The molecule has 8 heteroatoms. The van der Waals surface area contributed by atoms with Crippen molar-refractivity contribution in [2.45, 2.75) is 4.90 Å². The van der Waals surface area contributed by atoms with Crippen LogP contribution >= 0.6 is 11.8 Å². The largest absolute Gasteiger partial charge is 0.497 e. The highest BCUT2D eigenvalue weighted by Crippen LogP contribution is 2.23. The third kappa shape index (κ3) is 6.67. The van der Waals surface area contributed by atoms with Crippen LogP contribution in [0.15, 0.2) is 53.4 Å². The molecule has 0 bridgehead atoms. The Kier molecular flexibility index (Phi) is 7.69. The Morgan fingerprint density at radius 2 is 1.74 bits per heavy atom. The van der Waals surface area contributed by atoms with Crippen LogP contribution in [0.3, 0.4) is 0 Å². The van der Waals surface area contributed by atoms with E-state index in [4.69, 9.17) is 9.47 Å². The minimum absolute atomic E-state index is 0.0298. The summed E-state index contributed by atoms with van der Waals surface area (Å²) < 4.78 is 23.8. The van der Waals surface area contributed by atoms with Crippen LogP contribution in [0.25, 0.3) is 6.08 Å². The van der Waals surface area contributed by atoms with E-state index in [-0.39, 0.29) is 5.75 Å². The fraction of sp³-hybridized carbons (Fsp3) is 0.158. The average Bonchev–Trinajstić information content (AvgIpc) is 2.69. The molecular formula is C19H19FN2O4S. The first-order chi connectivity index (χ1) is 13.0. The van der Waals surface area contributed by atoms with E-state index in [0.717, 1.165) is 11.8 Å². The summed E-state index contributed by atoms with van der Waals surface area (Å²) >= 11 is 1.04. The molecule has 0 saturated carbocycles. The minimum Gasteiger partial charge on any atom is -0.497 e. The number of benzene rings is 2. The maximum Gasteiger partial charge on any atom is 0.262 e. The number of amides is 2. The molecule has 0 aromatic heterocycles. The van der Waals surface area contributed by atoms with Crippen LogP contribution < -0.4 is 20.3 Å². The Hall–Kier alpha value is -3.00. The van der Waals surface area contributed by atoms with Gasteiger partial charge < -0.3 is 9.47 Å². The monoisotopic (exact) mass is 390 g/mol. The third-order valence-electron chi connectivity index (χ3n) is 3.32. The highest BCUT2D eigenvalue weighted by atomic mass is 32.2. The lowest BCUT2D eigenvalue weighted by atomic mass is 10.2. The van der Waals surface area contributed by atoms with Gasteiger partial charge in [0, 0.05) is 17.0 Å². The molecular weight excluding hydrogens is 371 g/mol. The van der Waals surface area contributed by atoms with Crippen LogP contribution in [0.4, 0.5) is 4.39 Å². The quantitative estimate of drug-likeness (QED) is 0.432. The molecule has 2 rings (SSSR count). The summed E-state index contributed by atoms with van der Waals surface area (Å²) in [5, 5.41) is 0. The van der Waals surface area contributed by atoms with Crippen molar-refractivity contribution in [3.05, 3.63) is 59.9 Å². The van der Waals surface area contributed by atoms with Crippen molar-refractivity contribution in [1.82, 2.24) is 10.9 Å². The Balaban J connectivity index is 1.82. The molecule has 0 unspecified atom stereocenters. The molecule has 0 aliphatic carbocycles. The second kappa shape index (κ2) is 10.2. The molecule has 6 nitrogen and oxygen atoms in total. The zero-order valence-electron chi connectivity index (χ0n) is 14.8. The molecule has 0 saturated heterocycles. The van der Waals surface area contributed by atoms with Gasteiger partial charge in [-0.1, -0.05) is 12.1 Å². The number of carbonyl (C=O) groups excluding carboxylic acids is 2. The zero-order chi connectivity index (χ0) is 19.6. The maximum atomic E-state index is 13.5. The van der Waals surface area contributed by atoms with Crippen LogP contribution in [0, 0.1) is 5.82 Å². The standard InChI is InChI=1S/C19H19FN2O4S/c1-25-14-9-13(10-15(11-14)26-2)7-8-18(23)21-22-19(24)12-27-17-6-4-3-5-16(17)20/h3-11H,12H2,1-2H3,(H,21,23)(H,22,24). The van der Waals surface area contributed by atoms with E-state index in [1.807, 2.05) is 0 Å². The van der Waals surface area contributed by atoms with Gasteiger partial charge in [-0.2, -0.15) is 0 Å². The number of hydrogen-bond donors (Lipinski definition) is 2. The fourth-order valence-electron chi connectivity index (χ4n) is 2.01. The summed E-state index contributed by atoms with van der Waals surface area (Å²) in [4.78, 5) is 23.9. The van der Waals surface area contributed by atoms with Gasteiger partial charge in [0.1, 0.15) is 17.3 Å². The number of halogens is 1. The van der Waals surface area contributed by atoms with E-state index < -0.39 is 17.6 Å². The normalized spacial score (nSPS) is 10.5. The number of hydrogen-bond acceptors (Lipinski definition) is 5. The molecule has 2 aromatic rings. The molecule has 2 aromatic carbocycles. The van der Waals surface area contributed by atoms with Crippen molar-refractivity contribution in [3.8, 4) is 11.5 Å². The molecule has 2 amide bonds. The molecule has 2 N–H and O–H groups in total. The van der Waals surface area contributed by atoms with Crippen LogP contribution in [-0.2, 0) is 9.59 Å². The summed E-state index contributed by atoms with van der Waals surface area (Å²) in [6.07, 6.45) is 2.82. The smallest absolute Gasteiger partial charge is 0.262 e. The second-order valence-electron chi connectivity index (χ2n) is 5.24. The van der Waals surface area contributed by atoms with Gasteiger partial charge in [-0.15, -0.1) is 11.8 Å². The van der Waals surface area contributed by atoms with Gasteiger partial charge in [-0.05, 0) is 35.9 Å². The highest BCUT2D eigenvalue weighted by Gasteiger charge is 2.07. The van der Waals surface area contributed by atoms with Crippen molar-refractivity contribution in [3.63, 3.8) is 0 Å². The lowest BCUT2D eigenvalue weighted by molar-refractivity contribution is -0.125. The number of methoxy groups -OCH3 is 2. The maximum absolute atomic E-state index is 13.5. The molecule has 0 radical (unpaired) electrons. The molecule has 0 spiro atoms. The second-order valence-corrected chi connectivity index (χ2v) is 6.25. The number of hydrazine groups is 1. The molecule has 142 valence electrons. The Morgan fingerprint density at radius 1 is 1.07 bits per heavy atom. The Morgan fingerprint density at radius 3 is 2.37 bits per heavy atom. The molecule has 27 heavy (non-hydrogen) atoms. The molecule has 0 aliphatic rings. The summed E-state index contributed by atoms with van der Waals surface area (Å²) in [6, 6.07) is 11.3. The Labute approximate surface area is 160 Å². The van der Waals surface area contributed by atoms with Gasteiger partial charge in [0.25, 0.3) is 5.91 Å². The lowest BCUT2D eigenvalue weighted by Crippen LogP contribution is -2.41. The van der Waals surface area contributed by atoms with Crippen molar-refractivity contribution in [1.29, 1.82) is 0 Å². The predicted molar refractivity (Wildman–Crippen MR) is 102 cm³/mol. The van der Waals surface area contributed by atoms with Gasteiger partial charge >= 0.3 is 0 Å². The SMILES string of the molecule is COc1cc(C=CC(=O)NNC(=O)CSc2ccccc2F)cc(OC)c1. The minimum atomic E-state index is -0.513. The van der Waals surface area contributed by atoms with Crippen molar-refractivity contribution in [2.24, 2.45) is 0 Å². The van der Waals surface area contributed by atoms with E-state index in [9.17, 15) is 14.0 Å². The van der Waals surface area contributed by atoms with E-state index in [1.165, 1.54) is 26.4 Å². The molecule has 0 atom stereocenters. The summed E-state index contributed by atoms with van der Waals surface area (Å²) in [6.45, 7) is 0. The van der Waals surface area contributed by atoms with E-state index >= 15 is 0 Å². The van der Waals surface area contributed by atoms with Gasteiger partial charge in [-0.3, -0.25) is 20.4 Å². The lowest BCUT2D eigenvalue weighted by Gasteiger charge is -2.07. The third-order valence-corrected chi connectivity index (χ3v) is 4.37. The van der Waals surface area contributed by atoms with Gasteiger partial charge in [0.2, 0.25) is 5.91 Å². The van der Waals surface area contributed by atoms with Crippen molar-refractivity contribution >= 4 is 29.7 Å². The van der Waals surface area contributed by atoms with E-state index in [0.29, 0.717) is 22.0 Å². The number of carbonyl (C=O) groups is 2. The molecule has 0 heterocycles. The topological polar surface area (TPSA) is 76.7 Å². The van der Waals surface area contributed by atoms with E-state index in [2.05, 4.69) is 10.9 Å². The summed E-state index contributed by atoms with van der Waals surface area (Å²) in [5.41, 5.74) is 5.23. The van der Waals surface area contributed by atoms with Gasteiger partial charge in [0.05, 0.1) is 20.0 Å². The van der Waals surface area contributed by atoms with Crippen molar-refractivity contribution in [2.75, 3.05) is 20.0 Å².